The first-order chi connectivity index (χ1) is 13.5. The zero-order valence-corrected chi connectivity index (χ0v) is 17.4. The smallest absolute Gasteiger partial charge is 0.263 e. The van der Waals surface area contributed by atoms with E-state index in [1.54, 1.807) is 36.6 Å². The van der Waals surface area contributed by atoms with E-state index in [1.807, 2.05) is 11.0 Å². The fraction of sp³-hybridized carbons (Fsp3) is 0.429. The summed E-state index contributed by atoms with van der Waals surface area (Å²) in [5, 5.41) is 3.42. The van der Waals surface area contributed by atoms with Gasteiger partial charge in [0.1, 0.15) is 5.75 Å². The van der Waals surface area contributed by atoms with Gasteiger partial charge in [-0.2, -0.15) is 0 Å². The number of ether oxygens (including phenoxy) is 1. The zero-order valence-electron chi connectivity index (χ0n) is 15.8. The average Bonchev–Trinajstić information content (AvgIpc) is 3.36. The Hall–Kier alpha value is -2.05. The normalized spacial score (nSPS) is 18.6. The lowest BCUT2D eigenvalue weighted by molar-refractivity contribution is -0.120. The maximum Gasteiger partial charge on any atom is 0.263 e. The van der Waals surface area contributed by atoms with Gasteiger partial charge < -0.3 is 15.0 Å². The summed E-state index contributed by atoms with van der Waals surface area (Å²) in [5.74, 6) is 0.615. The van der Waals surface area contributed by atoms with Gasteiger partial charge >= 0.3 is 0 Å². The second kappa shape index (κ2) is 8.13. The van der Waals surface area contributed by atoms with Crippen LogP contribution in [0.2, 0.25) is 5.02 Å². The van der Waals surface area contributed by atoms with Gasteiger partial charge in [0.15, 0.2) is 0 Å². The van der Waals surface area contributed by atoms with E-state index in [-0.39, 0.29) is 17.7 Å². The number of aryl methyl sites for hydroxylation is 1. The van der Waals surface area contributed by atoms with Crippen LogP contribution in [0.15, 0.2) is 24.3 Å². The second-order valence-corrected chi connectivity index (χ2v) is 8.88. The molecular formula is C21H23ClN2O3S. The Morgan fingerprint density at radius 3 is 2.75 bits per heavy atom. The highest BCUT2D eigenvalue weighted by Gasteiger charge is 2.29. The van der Waals surface area contributed by atoms with E-state index in [1.165, 1.54) is 4.88 Å². The Morgan fingerprint density at radius 2 is 2.04 bits per heavy atom. The molecule has 28 heavy (non-hydrogen) atoms. The third-order valence-electron chi connectivity index (χ3n) is 5.48. The van der Waals surface area contributed by atoms with Crippen LogP contribution in [0.4, 0.5) is 5.69 Å². The number of methoxy groups -OCH3 is 1. The minimum Gasteiger partial charge on any atom is -0.495 e. The molecule has 0 saturated carbocycles. The van der Waals surface area contributed by atoms with Crippen LogP contribution in [-0.4, -0.2) is 36.9 Å². The lowest BCUT2D eigenvalue weighted by Gasteiger charge is -2.21. The molecule has 5 nitrogen and oxygen atoms in total. The molecule has 0 spiro atoms. The number of nitrogens with one attached hydrogen (secondary N) is 1. The molecule has 2 heterocycles. The van der Waals surface area contributed by atoms with Crippen molar-refractivity contribution in [2.45, 2.75) is 32.1 Å². The van der Waals surface area contributed by atoms with Crippen LogP contribution in [-0.2, 0) is 17.6 Å². The molecule has 1 aliphatic heterocycles. The monoisotopic (exact) mass is 418 g/mol. The van der Waals surface area contributed by atoms with Gasteiger partial charge in [0.25, 0.3) is 5.91 Å². The molecule has 1 aromatic heterocycles. The Kier molecular flexibility index (Phi) is 5.60. The van der Waals surface area contributed by atoms with Gasteiger partial charge in [0.2, 0.25) is 5.91 Å². The van der Waals surface area contributed by atoms with Crippen LogP contribution in [0.1, 0.15) is 39.4 Å². The van der Waals surface area contributed by atoms with E-state index in [2.05, 4.69) is 5.32 Å². The third-order valence-corrected chi connectivity index (χ3v) is 7.00. The molecule has 2 aromatic rings. The van der Waals surface area contributed by atoms with E-state index in [0.717, 1.165) is 49.2 Å². The van der Waals surface area contributed by atoms with Crippen LogP contribution in [0.3, 0.4) is 0 Å². The maximum absolute atomic E-state index is 12.7. The molecule has 4 rings (SSSR count). The molecule has 7 heteroatoms. The molecule has 0 bridgehead atoms. The fourth-order valence-electron chi connectivity index (χ4n) is 3.92. The van der Waals surface area contributed by atoms with Crippen LogP contribution >= 0.6 is 22.9 Å². The number of halogens is 1. The van der Waals surface area contributed by atoms with Crippen molar-refractivity contribution in [1.29, 1.82) is 0 Å². The maximum atomic E-state index is 12.7. The first-order valence-corrected chi connectivity index (χ1v) is 10.8. The van der Waals surface area contributed by atoms with Crippen LogP contribution < -0.4 is 10.1 Å². The number of fused-ring (bicyclic) bond motifs is 1. The molecule has 1 saturated heterocycles. The van der Waals surface area contributed by atoms with Crippen molar-refractivity contribution in [2.75, 3.05) is 25.5 Å². The summed E-state index contributed by atoms with van der Waals surface area (Å²) in [4.78, 5) is 29.4. The predicted molar refractivity (Wildman–Crippen MR) is 112 cm³/mol. The number of carbonyl (C=O) groups excluding carboxylic acids is 2. The average molecular weight is 419 g/mol. The van der Waals surface area contributed by atoms with E-state index >= 15 is 0 Å². The van der Waals surface area contributed by atoms with Crippen LogP contribution in [0.5, 0.6) is 5.75 Å². The first-order valence-electron chi connectivity index (χ1n) is 9.60. The lowest BCUT2D eigenvalue weighted by atomic mass is 9.87. The molecular weight excluding hydrogens is 396 g/mol. The summed E-state index contributed by atoms with van der Waals surface area (Å²) in [7, 11) is 1.56. The van der Waals surface area contributed by atoms with Gasteiger partial charge in [0, 0.05) is 29.6 Å². The van der Waals surface area contributed by atoms with Gasteiger partial charge in [-0.15, -0.1) is 11.3 Å². The van der Waals surface area contributed by atoms with Crippen molar-refractivity contribution in [3.8, 4) is 5.75 Å². The van der Waals surface area contributed by atoms with Crippen molar-refractivity contribution in [3.05, 3.63) is 44.6 Å². The number of anilines is 1. The van der Waals surface area contributed by atoms with Gasteiger partial charge in [-0.05, 0) is 61.9 Å². The Bertz CT molecular complexity index is 905. The third kappa shape index (κ3) is 3.89. The van der Waals surface area contributed by atoms with E-state index in [9.17, 15) is 9.59 Å². The second-order valence-electron chi connectivity index (χ2n) is 7.34. The number of benzene rings is 1. The van der Waals surface area contributed by atoms with E-state index < -0.39 is 0 Å². The molecule has 2 aliphatic rings. The number of carbonyl (C=O) groups is 2. The topological polar surface area (TPSA) is 58.6 Å². The molecule has 1 unspecified atom stereocenters. The Morgan fingerprint density at radius 1 is 1.25 bits per heavy atom. The Balaban J connectivity index is 1.42. The summed E-state index contributed by atoms with van der Waals surface area (Å²) in [6, 6.07) is 7.23. The molecule has 2 amide bonds. The number of rotatable bonds is 4. The molecule has 1 fully saturated rings. The standard InChI is InChI=1S/C21H23ClN2O3S/c1-27-17-6-5-15(12-16(17)22)23-20(25)13-4-7-18-14(10-13)11-19(28-18)21(26)24-8-2-3-9-24/h5-6,11-13H,2-4,7-10H2,1H3,(H,23,25). The minimum atomic E-state index is -0.0993. The predicted octanol–water partition coefficient (Wildman–Crippen LogP) is 4.39. The number of amides is 2. The van der Waals surface area contributed by atoms with E-state index in [0.29, 0.717) is 22.9 Å². The number of thiophene rings is 1. The summed E-state index contributed by atoms with van der Waals surface area (Å²) in [6.07, 6.45) is 4.49. The summed E-state index contributed by atoms with van der Waals surface area (Å²) in [6.45, 7) is 1.72. The van der Waals surface area contributed by atoms with Gasteiger partial charge in [0.05, 0.1) is 17.0 Å². The number of hydrogen-bond acceptors (Lipinski definition) is 4. The quantitative estimate of drug-likeness (QED) is 0.801. The fourth-order valence-corrected chi connectivity index (χ4v) is 5.35. The number of likely N-dealkylation sites (tertiary alicyclic amines) is 1. The highest BCUT2D eigenvalue weighted by atomic mass is 35.5. The lowest BCUT2D eigenvalue weighted by Crippen LogP contribution is -2.27. The molecule has 0 radical (unpaired) electrons. The summed E-state index contributed by atoms with van der Waals surface area (Å²) < 4.78 is 5.14. The SMILES string of the molecule is COc1ccc(NC(=O)C2CCc3sc(C(=O)N4CCCC4)cc3C2)cc1Cl. The summed E-state index contributed by atoms with van der Waals surface area (Å²) in [5.41, 5.74) is 1.81. The van der Waals surface area contributed by atoms with Gasteiger partial charge in [-0.1, -0.05) is 11.6 Å². The van der Waals surface area contributed by atoms with Crippen LogP contribution in [0, 0.1) is 5.92 Å². The highest BCUT2D eigenvalue weighted by molar-refractivity contribution is 7.14. The molecule has 1 aromatic carbocycles. The first kappa shape index (κ1) is 19.3. The molecule has 1 aliphatic carbocycles. The largest absolute Gasteiger partial charge is 0.495 e. The molecule has 148 valence electrons. The Labute approximate surface area is 173 Å². The number of nitrogens with zero attached hydrogens (tertiary/aromatic N) is 1. The summed E-state index contributed by atoms with van der Waals surface area (Å²) >= 11 is 7.74. The molecule has 1 N–H and O–H groups in total. The van der Waals surface area contributed by atoms with Crippen molar-refractivity contribution >= 4 is 40.4 Å². The zero-order chi connectivity index (χ0) is 19.7. The van der Waals surface area contributed by atoms with Crippen molar-refractivity contribution in [3.63, 3.8) is 0 Å². The van der Waals surface area contributed by atoms with Crippen molar-refractivity contribution in [1.82, 2.24) is 4.90 Å². The van der Waals surface area contributed by atoms with E-state index in [4.69, 9.17) is 16.3 Å². The highest BCUT2D eigenvalue weighted by Crippen LogP contribution is 2.34. The van der Waals surface area contributed by atoms with Crippen molar-refractivity contribution in [2.24, 2.45) is 5.92 Å². The van der Waals surface area contributed by atoms with Gasteiger partial charge in [-0.3, -0.25) is 9.59 Å². The molecule has 1 atom stereocenters. The minimum absolute atomic E-state index is 0.00879. The van der Waals surface area contributed by atoms with Crippen LogP contribution in [0.25, 0.3) is 0 Å². The van der Waals surface area contributed by atoms with Crippen molar-refractivity contribution < 1.29 is 14.3 Å². The van der Waals surface area contributed by atoms with Gasteiger partial charge in [-0.25, -0.2) is 0 Å². The number of hydrogen-bond donors (Lipinski definition) is 1.